The first-order valence-corrected chi connectivity index (χ1v) is 7.96. The number of hydrogen-bond acceptors (Lipinski definition) is 3. The molecule has 0 heterocycles. The van der Waals surface area contributed by atoms with Crippen LogP contribution < -0.4 is 0 Å². The molecule has 0 bridgehead atoms. The lowest BCUT2D eigenvalue weighted by molar-refractivity contribution is 0.110. The van der Waals surface area contributed by atoms with Crippen molar-refractivity contribution in [3.05, 3.63) is 30.3 Å². The molecular weight excluding hydrogens is 234 g/mol. The van der Waals surface area contributed by atoms with Gasteiger partial charge in [-0.3, -0.25) is 0 Å². The fourth-order valence-corrected chi connectivity index (χ4v) is 3.75. The molecule has 17 heavy (non-hydrogen) atoms. The Bertz CT molecular complexity index is 477. The van der Waals surface area contributed by atoms with Gasteiger partial charge in [-0.25, -0.2) is 8.57 Å². The molecule has 1 saturated carbocycles. The molecule has 0 spiro atoms. The predicted octanol–water partition coefficient (Wildman–Crippen LogP) is 2.45. The summed E-state index contributed by atoms with van der Waals surface area (Å²) in [4.78, 5) is 0.748. The van der Waals surface area contributed by atoms with Gasteiger partial charge in [0.05, 0.1) is 21.9 Å². The summed E-state index contributed by atoms with van der Waals surface area (Å²) < 4.78 is 16.9. The van der Waals surface area contributed by atoms with Crippen LogP contribution in [0.5, 0.6) is 0 Å². The molecule has 1 aliphatic carbocycles. The molecule has 0 aromatic heterocycles. The molecular formula is C13H19NO2S. The maximum atomic E-state index is 12.5. The smallest absolute Gasteiger partial charge is 0.0856 e. The fraction of sp³-hybridized carbons (Fsp3) is 0.538. The number of nitrogens with zero attached hydrogens (tertiary/aromatic N) is 1. The van der Waals surface area contributed by atoms with E-state index in [0.29, 0.717) is 0 Å². The van der Waals surface area contributed by atoms with E-state index in [4.69, 9.17) is 0 Å². The molecule has 1 fully saturated rings. The standard InChI is InChI=1S/C13H19NO2S/c1-17(16,11-7-3-2-4-8-11)14-12-9-5-6-10-13(12)15/h2-4,7-8,12-13,15H,5-6,9-10H2,1H3/t12-,13-,17?/m1/s1. The molecule has 0 amide bonds. The van der Waals surface area contributed by atoms with Crippen molar-refractivity contribution < 1.29 is 9.32 Å². The normalized spacial score (nSPS) is 28.4. The Balaban J connectivity index is 2.28. The van der Waals surface area contributed by atoms with Gasteiger partial charge in [-0.2, -0.15) is 0 Å². The molecule has 0 saturated heterocycles. The Kier molecular flexibility index (Phi) is 3.84. The maximum absolute atomic E-state index is 12.5. The fourth-order valence-electron chi connectivity index (χ4n) is 2.21. The summed E-state index contributed by atoms with van der Waals surface area (Å²) in [5, 5.41) is 9.86. The van der Waals surface area contributed by atoms with Crippen LogP contribution in [0.25, 0.3) is 0 Å². The topological polar surface area (TPSA) is 49.7 Å². The molecule has 3 nitrogen and oxygen atoms in total. The summed E-state index contributed by atoms with van der Waals surface area (Å²) >= 11 is 0. The van der Waals surface area contributed by atoms with Gasteiger partial charge in [0.2, 0.25) is 0 Å². The van der Waals surface area contributed by atoms with Crippen molar-refractivity contribution >= 4 is 9.73 Å². The summed E-state index contributed by atoms with van der Waals surface area (Å²) in [5.41, 5.74) is 0. The van der Waals surface area contributed by atoms with E-state index in [1.165, 1.54) is 0 Å². The summed E-state index contributed by atoms with van der Waals surface area (Å²) in [6.45, 7) is 0. The van der Waals surface area contributed by atoms with Crippen molar-refractivity contribution in [1.29, 1.82) is 0 Å². The molecule has 1 aromatic carbocycles. The van der Waals surface area contributed by atoms with Crippen LogP contribution in [0.15, 0.2) is 39.6 Å². The molecule has 1 aliphatic rings. The first-order chi connectivity index (χ1) is 8.09. The number of aliphatic hydroxyl groups is 1. The lowest BCUT2D eigenvalue weighted by Crippen LogP contribution is -2.29. The van der Waals surface area contributed by atoms with Crippen LogP contribution in [0.1, 0.15) is 25.7 Å². The van der Waals surface area contributed by atoms with Crippen molar-refractivity contribution in [3.63, 3.8) is 0 Å². The third-order valence-corrected chi connectivity index (χ3v) is 5.03. The summed E-state index contributed by atoms with van der Waals surface area (Å²) in [7, 11) is -2.38. The predicted molar refractivity (Wildman–Crippen MR) is 69.5 cm³/mol. The molecule has 4 heteroatoms. The van der Waals surface area contributed by atoms with Gasteiger partial charge in [0.25, 0.3) is 0 Å². The zero-order valence-electron chi connectivity index (χ0n) is 10.1. The van der Waals surface area contributed by atoms with Crippen molar-refractivity contribution in [2.24, 2.45) is 4.36 Å². The van der Waals surface area contributed by atoms with Crippen molar-refractivity contribution in [2.45, 2.75) is 42.7 Å². The van der Waals surface area contributed by atoms with E-state index in [-0.39, 0.29) is 6.04 Å². The van der Waals surface area contributed by atoms with Gasteiger partial charge < -0.3 is 5.11 Å². The van der Waals surface area contributed by atoms with Crippen molar-refractivity contribution in [3.8, 4) is 0 Å². The van der Waals surface area contributed by atoms with E-state index in [0.717, 1.165) is 30.6 Å². The Morgan fingerprint density at radius 2 is 1.88 bits per heavy atom. The first kappa shape index (κ1) is 12.6. The molecule has 2 rings (SSSR count). The average Bonchev–Trinajstić information content (AvgIpc) is 2.33. The van der Waals surface area contributed by atoms with Crippen LogP contribution in [0.3, 0.4) is 0 Å². The third-order valence-electron chi connectivity index (χ3n) is 3.21. The second-order valence-electron chi connectivity index (χ2n) is 4.64. The van der Waals surface area contributed by atoms with E-state index in [1.807, 2.05) is 30.3 Å². The van der Waals surface area contributed by atoms with Crippen molar-refractivity contribution in [2.75, 3.05) is 6.26 Å². The van der Waals surface area contributed by atoms with Crippen LogP contribution in [0.2, 0.25) is 0 Å². The zero-order valence-corrected chi connectivity index (χ0v) is 10.9. The van der Waals surface area contributed by atoms with Gasteiger partial charge in [-0.05, 0) is 25.0 Å². The Labute approximate surface area is 103 Å². The van der Waals surface area contributed by atoms with Crippen LogP contribution in [-0.2, 0) is 9.73 Å². The highest BCUT2D eigenvalue weighted by Gasteiger charge is 2.23. The lowest BCUT2D eigenvalue weighted by atomic mass is 9.93. The van der Waals surface area contributed by atoms with Crippen LogP contribution in [0.4, 0.5) is 0 Å². The van der Waals surface area contributed by atoms with E-state index >= 15 is 0 Å². The number of benzene rings is 1. The maximum Gasteiger partial charge on any atom is 0.0856 e. The highest BCUT2D eigenvalue weighted by molar-refractivity contribution is 7.93. The average molecular weight is 253 g/mol. The van der Waals surface area contributed by atoms with Gasteiger partial charge in [0, 0.05) is 11.2 Å². The van der Waals surface area contributed by atoms with Gasteiger partial charge in [0.15, 0.2) is 0 Å². The number of rotatable bonds is 2. The monoisotopic (exact) mass is 253 g/mol. The quantitative estimate of drug-likeness (QED) is 0.880. The van der Waals surface area contributed by atoms with E-state index < -0.39 is 15.8 Å². The second-order valence-corrected chi connectivity index (χ2v) is 6.93. The minimum Gasteiger partial charge on any atom is -0.391 e. The zero-order chi connectivity index (χ0) is 12.3. The lowest BCUT2D eigenvalue weighted by Gasteiger charge is -2.24. The Morgan fingerprint density at radius 1 is 1.24 bits per heavy atom. The first-order valence-electron chi connectivity index (χ1n) is 6.04. The Hall–Kier alpha value is -0.870. The second kappa shape index (κ2) is 5.19. The molecule has 0 radical (unpaired) electrons. The van der Waals surface area contributed by atoms with Gasteiger partial charge in [-0.15, -0.1) is 0 Å². The third kappa shape index (κ3) is 3.07. The molecule has 1 N–H and O–H groups in total. The summed E-state index contributed by atoms with van der Waals surface area (Å²) in [6.07, 6.45) is 4.97. The minimum atomic E-state index is -2.38. The van der Waals surface area contributed by atoms with Gasteiger partial charge in [0.1, 0.15) is 0 Å². The summed E-state index contributed by atoms with van der Waals surface area (Å²) in [6, 6.07) is 9.13. The Morgan fingerprint density at radius 3 is 2.53 bits per heavy atom. The van der Waals surface area contributed by atoms with Gasteiger partial charge in [-0.1, -0.05) is 31.0 Å². The summed E-state index contributed by atoms with van der Waals surface area (Å²) in [5.74, 6) is 0. The molecule has 94 valence electrons. The number of aliphatic hydroxyl groups excluding tert-OH is 1. The van der Waals surface area contributed by atoms with Gasteiger partial charge >= 0.3 is 0 Å². The molecule has 0 aliphatic heterocycles. The van der Waals surface area contributed by atoms with E-state index in [9.17, 15) is 9.32 Å². The molecule has 1 unspecified atom stereocenters. The highest BCUT2D eigenvalue weighted by atomic mass is 32.2. The largest absolute Gasteiger partial charge is 0.391 e. The van der Waals surface area contributed by atoms with Crippen LogP contribution in [-0.4, -0.2) is 27.7 Å². The van der Waals surface area contributed by atoms with Crippen LogP contribution in [0, 0.1) is 0 Å². The highest BCUT2D eigenvalue weighted by Crippen LogP contribution is 2.23. The minimum absolute atomic E-state index is 0.165. The molecule has 3 atom stereocenters. The number of hydrogen-bond donors (Lipinski definition) is 1. The van der Waals surface area contributed by atoms with E-state index in [1.54, 1.807) is 6.26 Å². The SMILES string of the molecule is CS(=O)(=N[C@@H]1CCCC[C@H]1O)c1ccccc1. The molecule has 1 aromatic rings. The van der Waals surface area contributed by atoms with Crippen LogP contribution >= 0.6 is 0 Å². The van der Waals surface area contributed by atoms with Crippen molar-refractivity contribution in [1.82, 2.24) is 0 Å². The van der Waals surface area contributed by atoms with E-state index in [2.05, 4.69) is 4.36 Å².